The molecule has 2 aliphatic heterocycles. The highest BCUT2D eigenvalue weighted by molar-refractivity contribution is 5.92. The molecular weight excluding hydrogens is 452 g/mol. The van der Waals surface area contributed by atoms with Gasteiger partial charge in [-0.05, 0) is 64.2 Å². The van der Waals surface area contributed by atoms with Gasteiger partial charge in [0, 0.05) is 43.3 Å². The van der Waals surface area contributed by atoms with E-state index in [0.717, 1.165) is 53.7 Å². The molecule has 186 valence electrons. The van der Waals surface area contributed by atoms with Crippen LogP contribution in [0.5, 0.6) is 0 Å². The fraction of sp³-hybridized carbons (Fsp3) is 0.500. The molecule has 0 aliphatic carbocycles. The Hall–Kier alpha value is -3.23. The van der Waals surface area contributed by atoms with E-state index in [9.17, 15) is 13.6 Å². The topological polar surface area (TPSA) is 63.5 Å². The lowest BCUT2D eigenvalue weighted by atomic mass is 9.99. The number of carbonyl (C=O) groups excluding carboxylic acids is 1. The average molecular weight is 484 g/mol. The number of benzene rings is 1. The van der Waals surface area contributed by atoms with Crippen molar-refractivity contribution >= 4 is 28.5 Å². The van der Waals surface area contributed by atoms with Crippen molar-refractivity contribution in [2.75, 3.05) is 24.5 Å². The molecule has 1 fully saturated rings. The Kier molecular flexibility index (Phi) is 6.11. The van der Waals surface area contributed by atoms with Crippen molar-refractivity contribution in [2.24, 2.45) is 0 Å². The predicted molar refractivity (Wildman–Crippen MR) is 130 cm³/mol. The van der Waals surface area contributed by atoms with Gasteiger partial charge in [0.2, 0.25) is 0 Å². The minimum atomic E-state index is -2.52. The van der Waals surface area contributed by atoms with Gasteiger partial charge in [0.05, 0.1) is 16.9 Å². The summed E-state index contributed by atoms with van der Waals surface area (Å²) in [7, 11) is 0. The zero-order valence-electron chi connectivity index (χ0n) is 20.4. The quantitative estimate of drug-likeness (QED) is 0.456. The number of likely N-dealkylation sites (tertiary alicyclic amines) is 1. The number of rotatable bonds is 3. The third-order valence-electron chi connectivity index (χ3n) is 6.69. The lowest BCUT2D eigenvalue weighted by Gasteiger charge is -2.34. The fourth-order valence-electron chi connectivity index (χ4n) is 5.01. The largest absolute Gasteiger partial charge is 0.444 e. The molecule has 0 spiro atoms. The minimum absolute atomic E-state index is 0.0204. The Bertz CT molecular complexity index is 1230. The van der Waals surface area contributed by atoms with Crippen LogP contribution in [0.2, 0.25) is 0 Å². The molecule has 1 amide bonds. The first-order valence-electron chi connectivity index (χ1n) is 12.2. The first kappa shape index (κ1) is 23.5. The summed E-state index contributed by atoms with van der Waals surface area (Å²) in [6.45, 7) is 7.49. The Morgan fingerprint density at radius 1 is 1.14 bits per heavy atom. The van der Waals surface area contributed by atoms with E-state index < -0.39 is 12.0 Å². The second-order valence-electron chi connectivity index (χ2n) is 10.3. The van der Waals surface area contributed by atoms with Crippen LogP contribution in [0.25, 0.3) is 10.9 Å². The smallest absolute Gasteiger partial charge is 0.410 e. The van der Waals surface area contributed by atoms with E-state index in [4.69, 9.17) is 9.84 Å². The van der Waals surface area contributed by atoms with Gasteiger partial charge >= 0.3 is 6.09 Å². The molecule has 0 unspecified atom stereocenters. The number of halogens is 2. The first-order valence-corrected chi connectivity index (χ1v) is 12.2. The standard InChI is InChI=1S/C26H31F2N5O2/c1-26(2,3)35-25(34)31-13-9-19(10-14-31)33-21-8-11-29-16-20(21)24(30-33)32-12-4-5-17-6-7-18(23(27)28)15-22(17)32/h6-8,11,15-16,19,23H,4-5,9-10,12-14H2,1-3H3. The molecular formula is C26H31F2N5O2. The van der Waals surface area contributed by atoms with Gasteiger partial charge in [-0.25, -0.2) is 13.6 Å². The summed E-state index contributed by atoms with van der Waals surface area (Å²) in [4.78, 5) is 20.6. The molecule has 0 radical (unpaired) electrons. The van der Waals surface area contributed by atoms with Crippen LogP contribution in [0.1, 0.15) is 63.6 Å². The highest BCUT2D eigenvalue weighted by Crippen LogP contribution is 2.39. The number of amides is 1. The van der Waals surface area contributed by atoms with Crippen LogP contribution < -0.4 is 4.90 Å². The van der Waals surface area contributed by atoms with Crippen LogP contribution in [-0.2, 0) is 11.2 Å². The van der Waals surface area contributed by atoms with Gasteiger partial charge in [-0.3, -0.25) is 9.67 Å². The highest BCUT2D eigenvalue weighted by atomic mass is 19.3. The number of aromatic nitrogens is 3. The summed E-state index contributed by atoms with van der Waals surface area (Å²) < 4.78 is 34.5. The number of ether oxygens (including phenoxy) is 1. The van der Waals surface area contributed by atoms with E-state index in [1.165, 1.54) is 6.07 Å². The van der Waals surface area contributed by atoms with E-state index >= 15 is 0 Å². The molecule has 0 bridgehead atoms. The molecule has 9 heteroatoms. The van der Waals surface area contributed by atoms with Crippen molar-refractivity contribution in [3.63, 3.8) is 0 Å². The molecule has 2 aliphatic rings. The summed E-state index contributed by atoms with van der Waals surface area (Å²) in [6, 6.07) is 6.99. The number of alkyl halides is 2. The summed E-state index contributed by atoms with van der Waals surface area (Å²) in [5.74, 6) is 0.745. The average Bonchev–Trinajstić information content (AvgIpc) is 3.22. The van der Waals surface area contributed by atoms with Crippen LogP contribution in [0, 0.1) is 0 Å². The molecule has 35 heavy (non-hydrogen) atoms. The van der Waals surface area contributed by atoms with E-state index in [1.54, 1.807) is 23.4 Å². The van der Waals surface area contributed by atoms with Gasteiger partial charge in [-0.2, -0.15) is 5.10 Å². The Balaban J connectivity index is 1.45. The van der Waals surface area contributed by atoms with Crippen molar-refractivity contribution in [2.45, 2.75) is 64.5 Å². The molecule has 3 aromatic rings. The number of nitrogens with zero attached hydrogens (tertiary/aromatic N) is 5. The summed E-state index contributed by atoms with van der Waals surface area (Å²) >= 11 is 0. The van der Waals surface area contributed by atoms with E-state index in [1.807, 2.05) is 37.6 Å². The van der Waals surface area contributed by atoms with E-state index in [-0.39, 0.29) is 17.7 Å². The number of carbonyl (C=O) groups is 1. The van der Waals surface area contributed by atoms with Crippen LogP contribution in [-0.4, -0.2) is 51.0 Å². The Labute approximate surface area is 203 Å². The monoisotopic (exact) mass is 483 g/mol. The summed E-state index contributed by atoms with van der Waals surface area (Å²) in [5.41, 5.74) is 2.31. The molecule has 0 atom stereocenters. The lowest BCUT2D eigenvalue weighted by molar-refractivity contribution is 0.0186. The van der Waals surface area contributed by atoms with Gasteiger partial charge in [-0.1, -0.05) is 12.1 Å². The van der Waals surface area contributed by atoms with Crippen molar-refractivity contribution < 1.29 is 18.3 Å². The molecule has 0 saturated carbocycles. The van der Waals surface area contributed by atoms with Crippen LogP contribution in [0.15, 0.2) is 36.7 Å². The van der Waals surface area contributed by atoms with Gasteiger partial charge in [0.1, 0.15) is 5.60 Å². The number of anilines is 2. The molecule has 4 heterocycles. The number of piperidine rings is 1. The molecule has 2 aromatic heterocycles. The maximum atomic E-state index is 13.5. The number of pyridine rings is 1. The van der Waals surface area contributed by atoms with Gasteiger partial charge in [0.25, 0.3) is 6.43 Å². The molecule has 1 aromatic carbocycles. The van der Waals surface area contributed by atoms with Crippen LogP contribution in [0.3, 0.4) is 0 Å². The van der Waals surface area contributed by atoms with Crippen LogP contribution >= 0.6 is 0 Å². The summed E-state index contributed by atoms with van der Waals surface area (Å²) in [5, 5.41) is 5.92. The third kappa shape index (κ3) is 4.68. The highest BCUT2D eigenvalue weighted by Gasteiger charge is 2.31. The number of hydrogen-bond acceptors (Lipinski definition) is 5. The van der Waals surface area contributed by atoms with Crippen molar-refractivity contribution in [1.82, 2.24) is 19.7 Å². The summed E-state index contributed by atoms with van der Waals surface area (Å²) in [6.07, 6.45) is 4.03. The van der Waals surface area contributed by atoms with Crippen molar-refractivity contribution in [3.8, 4) is 0 Å². The SMILES string of the molecule is CC(C)(C)OC(=O)N1CCC(n2nc(N3CCCc4ccc(C(F)F)cc43)c3cnccc32)CC1. The second-order valence-corrected chi connectivity index (χ2v) is 10.3. The molecule has 7 nitrogen and oxygen atoms in total. The number of hydrogen-bond donors (Lipinski definition) is 0. The normalized spacial score (nSPS) is 17.2. The first-order chi connectivity index (χ1) is 16.7. The molecule has 1 saturated heterocycles. The third-order valence-corrected chi connectivity index (χ3v) is 6.69. The zero-order chi connectivity index (χ0) is 24.7. The minimum Gasteiger partial charge on any atom is -0.444 e. The zero-order valence-corrected chi connectivity index (χ0v) is 20.4. The second kappa shape index (κ2) is 9.09. The number of fused-ring (bicyclic) bond motifs is 2. The van der Waals surface area contributed by atoms with Crippen molar-refractivity contribution in [3.05, 3.63) is 47.8 Å². The van der Waals surface area contributed by atoms with E-state index in [2.05, 4.69) is 9.88 Å². The Morgan fingerprint density at radius 2 is 1.91 bits per heavy atom. The predicted octanol–water partition coefficient (Wildman–Crippen LogP) is 6.03. The maximum Gasteiger partial charge on any atom is 0.410 e. The Morgan fingerprint density at radius 3 is 2.63 bits per heavy atom. The lowest BCUT2D eigenvalue weighted by Crippen LogP contribution is -2.42. The van der Waals surface area contributed by atoms with Gasteiger partial charge in [-0.15, -0.1) is 0 Å². The van der Waals surface area contributed by atoms with Gasteiger partial charge in [0.15, 0.2) is 5.82 Å². The molecule has 5 rings (SSSR count). The molecule has 0 N–H and O–H groups in total. The fourth-order valence-corrected chi connectivity index (χ4v) is 5.01. The number of aryl methyl sites for hydroxylation is 1. The van der Waals surface area contributed by atoms with Crippen molar-refractivity contribution in [1.29, 1.82) is 0 Å². The maximum absolute atomic E-state index is 13.5. The van der Waals surface area contributed by atoms with Gasteiger partial charge < -0.3 is 14.5 Å². The van der Waals surface area contributed by atoms with Crippen LogP contribution in [0.4, 0.5) is 25.1 Å². The van der Waals surface area contributed by atoms with E-state index in [0.29, 0.717) is 19.6 Å².